The molecule has 1 aliphatic heterocycles. The Bertz CT molecular complexity index is 429. The number of alkyl halides is 3. The van der Waals surface area contributed by atoms with Crippen molar-refractivity contribution < 1.29 is 27.8 Å². The average molecular weight is 262 g/mol. The van der Waals surface area contributed by atoms with Crippen molar-refractivity contribution in [2.45, 2.75) is 19.0 Å². The van der Waals surface area contributed by atoms with Crippen molar-refractivity contribution in [2.24, 2.45) is 0 Å². The molecule has 1 N–H and O–H groups in total. The van der Waals surface area contributed by atoms with Crippen LogP contribution >= 0.6 is 0 Å². The minimum atomic E-state index is -4.48. The third-order valence-electron chi connectivity index (χ3n) is 2.66. The predicted octanol–water partition coefficient (Wildman–Crippen LogP) is 2.40. The van der Waals surface area contributed by atoms with Crippen LogP contribution in [-0.4, -0.2) is 24.9 Å². The van der Waals surface area contributed by atoms with Crippen molar-refractivity contribution in [2.75, 3.05) is 19.8 Å². The van der Waals surface area contributed by atoms with Crippen LogP contribution in [0.1, 0.15) is 17.5 Å². The highest BCUT2D eigenvalue weighted by Gasteiger charge is 2.37. The molecule has 1 aromatic rings. The van der Waals surface area contributed by atoms with E-state index in [1.165, 1.54) is 6.07 Å². The molecule has 18 heavy (non-hydrogen) atoms. The molecule has 0 radical (unpaired) electrons. The Morgan fingerprint density at radius 3 is 2.39 bits per heavy atom. The number of aliphatic hydroxyl groups excluding tert-OH is 1. The summed E-state index contributed by atoms with van der Waals surface area (Å²) >= 11 is 0. The molecule has 3 nitrogen and oxygen atoms in total. The number of hydrogen-bond donors (Lipinski definition) is 1. The third kappa shape index (κ3) is 2.53. The summed E-state index contributed by atoms with van der Waals surface area (Å²) in [6.45, 7) is 0.354. The molecule has 0 amide bonds. The van der Waals surface area contributed by atoms with E-state index in [1.54, 1.807) is 0 Å². The van der Waals surface area contributed by atoms with Gasteiger partial charge in [0.2, 0.25) is 0 Å². The zero-order valence-corrected chi connectivity index (χ0v) is 9.59. The van der Waals surface area contributed by atoms with Crippen LogP contribution in [0.2, 0.25) is 0 Å². The van der Waals surface area contributed by atoms with Crippen molar-refractivity contribution in [3.8, 4) is 11.5 Å². The molecular formula is C12H13F3O3. The molecule has 1 aliphatic rings. The van der Waals surface area contributed by atoms with Crippen LogP contribution in [0.5, 0.6) is 11.5 Å². The van der Waals surface area contributed by atoms with Gasteiger partial charge in [-0.3, -0.25) is 0 Å². The first kappa shape index (κ1) is 13.0. The van der Waals surface area contributed by atoms with Gasteiger partial charge in [-0.25, -0.2) is 0 Å². The number of fused-ring (bicyclic) bond motifs is 1. The monoisotopic (exact) mass is 262 g/mol. The highest BCUT2D eigenvalue weighted by Crippen LogP contribution is 2.44. The molecule has 0 bridgehead atoms. The Hall–Kier alpha value is -1.43. The Labute approximate surface area is 102 Å². The van der Waals surface area contributed by atoms with Crippen LogP contribution in [-0.2, 0) is 12.6 Å². The molecule has 0 saturated carbocycles. The van der Waals surface area contributed by atoms with Crippen LogP contribution in [0.25, 0.3) is 0 Å². The Morgan fingerprint density at radius 1 is 1.11 bits per heavy atom. The SMILES string of the molecule is OCCc1ccc(C(F)(F)F)c2c1OCCCO2. The van der Waals surface area contributed by atoms with E-state index < -0.39 is 11.7 Å². The molecule has 0 fully saturated rings. The third-order valence-corrected chi connectivity index (χ3v) is 2.66. The van der Waals surface area contributed by atoms with Gasteiger partial charge < -0.3 is 14.6 Å². The van der Waals surface area contributed by atoms with Crippen LogP contribution in [0.4, 0.5) is 13.2 Å². The standard InChI is InChI=1S/C12H13F3O3/c13-12(14,15)9-3-2-8(4-5-16)10-11(9)18-7-1-6-17-10/h2-3,16H,1,4-7H2. The van der Waals surface area contributed by atoms with Crippen molar-refractivity contribution in [3.63, 3.8) is 0 Å². The topological polar surface area (TPSA) is 38.7 Å². The number of ether oxygens (including phenoxy) is 2. The lowest BCUT2D eigenvalue weighted by molar-refractivity contribution is -0.139. The summed E-state index contributed by atoms with van der Waals surface area (Å²) in [6.07, 6.45) is -3.70. The van der Waals surface area contributed by atoms with E-state index in [-0.39, 0.29) is 31.1 Å². The van der Waals surface area contributed by atoms with E-state index in [0.29, 0.717) is 18.6 Å². The first-order valence-corrected chi connectivity index (χ1v) is 5.63. The van der Waals surface area contributed by atoms with E-state index >= 15 is 0 Å². The fourth-order valence-corrected chi connectivity index (χ4v) is 1.85. The highest BCUT2D eigenvalue weighted by atomic mass is 19.4. The fraction of sp³-hybridized carbons (Fsp3) is 0.500. The van der Waals surface area contributed by atoms with Crippen LogP contribution < -0.4 is 9.47 Å². The van der Waals surface area contributed by atoms with Gasteiger partial charge in [0.05, 0.1) is 13.2 Å². The number of benzene rings is 1. The zero-order chi connectivity index (χ0) is 13.2. The first-order chi connectivity index (χ1) is 8.54. The molecule has 0 aliphatic carbocycles. The smallest absolute Gasteiger partial charge is 0.420 e. The van der Waals surface area contributed by atoms with Gasteiger partial charge in [0.1, 0.15) is 5.56 Å². The van der Waals surface area contributed by atoms with E-state index in [1.807, 2.05) is 0 Å². The van der Waals surface area contributed by atoms with Crippen LogP contribution in [0.3, 0.4) is 0 Å². The van der Waals surface area contributed by atoms with Gasteiger partial charge in [0.15, 0.2) is 11.5 Å². The first-order valence-electron chi connectivity index (χ1n) is 5.63. The second-order valence-electron chi connectivity index (χ2n) is 3.95. The Kier molecular flexibility index (Phi) is 3.65. The molecule has 2 rings (SSSR count). The van der Waals surface area contributed by atoms with Gasteiger partial charge in [-0.05, 0) is 12.5 Å². The maximum Gasteiger partial charge on any atom is 0.420 e. The highest BCUT2D eigenvalue weighted by molar-refractivity contribution is 5.53. The second-order valence-corrected chi connectivity index (χ2v) is 3.95. The summed E-state index contributed by atoms with van der Waals surface area (Å²) in [5, 5.41) is 8.90. The van der Waals surface area contributed by atoms with Crippen molar-refractivity contribution in [1.29, 1.82) is 0 Å². The van der Waals surface area contributed by atoms with E-state index in [2.05, 4.69) is 0 Å². The molecule has 1 heterocycles. The van der Waals surface area contributed by atoms with Crippen molar-refractivity contribution >= 4 is 0 Å². The lowest BCUT2D eigenvalue weighted by atomic mass is 10.1. The number of aliphatic hydroxyl groups is 1. The van der Waals surface area contributed by atoms with Crippen molar-refractivity contribution in [1.82, 2.24) is 0 Å². The molecular weight excluding hydrogens is 249 g/mol. The summed E-state index contributed by atoms with van der Waals surface area (Å²) in [5.74, 6) is -0.151. The Balaban J connectivity index is 2.52. The predicted molar refractivity (Wildman–Crippen MR) is 57.8 cm³/mol. The van der Waals surface area contributed by atoms with E-state index in [9.17, 15) is 13.2 Å². The summed E-state index contributed by atoms with van der Waals surface area (Å²) < 4.78 is 49.0. The number of rotatable bonds is 2. The summed E-state index contributed by atoms with van der Waals surface area (Å²) in [6, 6.07) is 2.30. The molecule has 1 aromatic carbocycles. The van der Waals surface area contributed by atoms with Gasteiger partial charge in [0.25, 0.3) is 0 Å². The largest absolute Gasteiger partial charge is 0.489 e. The quantitative estimate of drug-likeness (QED) is 0.889. The maximum absolute atomic E-state index is 12.8. The molecule has 6 heteroatoms. The maximum atomic E-state index is 12.8. The Morgan fingerprint density at radius 2 is 1.78 bits per heavy atom. The number of halogens is 3. The average Bonchev–Trinajstić information content (AvgIpc) is 2.53. The van der Waals surface area contributed by atoms with Gasteiger partial charge >= 0.3 is 6.18 Å². The minimum absolute atomic E-state index is 0.108. The minimum Gasteiger partial charge on any atom is -0.489 e. The zero-order valence-electron chi connectivity index (χ0n) is 9.59. The lowest BCUT2D eigenvalue weighted by Gasteiger charge is -2.17. The van der Waals surface area contributed by atoms with Crippen LogP contribution in [0, 0.1) is 0 Å². The van der Waals surface area contributed by atoms with Gasteiger partial charge in [-0.1, -0.05) is 6.07 Å². The summed E-state index contributed by atoms with van der Waals surface area (Å²) in [4.78, 5) is 0. The molecule has 0 saturated heterocycles. The lowest BCUT2D eigenvalue weighted by Crippen LogP contribution is -2.10. The number of hydrogen-bond acceptors (Lipinski definition) is 3. The molecule has 100 valence electrons. The second kappa shape index (κ2) is 5.06. The molecule has 0 spiro atoms. The van der Waals surface area contributed by atoms with Crippen molar-refractivity contribution in [3.05, 3.63) is 23.3 Å². The van der Waals surface area contributed by atoms with Gasteiger partial charge in [-0.2, -0.15) is 13.2 Å². The van der Waals surface area contributed by atoms with Gasteiger partial charge in [-0.15, -0.1) is 0 Å². The van der Waals surface area contributed by atoms with Gasteiger partial charge in [0, 0.05) is 18.6 Å². The molecule has 0 aromatic heterocycles. The molecule has 0 atom stereocenters. The van der Waals surface area contributed by atoms with E-state index in [4.69, 9.17) is 14.6 Å². The summed E-state index contributed by atoms with van der Waals surface area (Å²) in [5.41, 5.74) is -0.302. The van der Waals surface area contributed by atoms with Crippen LogP contribution in [0.15, 0.2) is 12.1 Å². The fourth-order valence-electron chi connectivity index (χ4n) is 1.85. The summed E-state index contributed by atoms with van der Waals surface area (Å²) in [7, 11) is 0. The van der Waals surface area contributed by atoms with E-state index in [0.717, 1.165) is 6.07 Å². The normalized spacial score (nSPS) is 15.3. The molecule has 0 unspecified atom stereocenters.